The molecule has 0 unspecified atom stereocenters. The van der Waals surface area contributed by atoms with Crippen LogP contribution in [0.25, 0.3) is 11.3 Å². The Morgan fingerprint density at radius 1 is 1.28 bits per heavy atom. The molecule has 0 saturated heterocycles. The average Bonchev–Trinajstić information content (AvgIpc) is 3.15. The van der Waals surface area contributed by atoms with Gasteiger partial charge in [-0.1, -0.05) is 17.7 Å². The second-order valence-electron chi connectivity index (χ2n) is 5.93. The predicted molar refractivity (Wildman–Crippen MR) is 115 cm³/mol. The highest BCUT2D eigenvalue weighted by molar-refractivity contribution is 8.00. The fraction of sp³-hybridized carbons (Fsp3) is 0.150. The van der Waals surface area contributed by atoms with Crippen molar-refractivity contribution in [3.8, 4) is 17.0 Å². The molecule has 0 saturated carbocycles. The van der Waals surface area contributed by atoms with Crippen LogP contribution in [0, 0.1) is 5.82 Å². The van der Waals surface area contributed by atoms with E-state index in [1.54, 1.807) is 30.7 Å². The topological polar surface area (TPSA) is 68.3 Å². The van der Waals surface area contributed by atoms with E-state index in [9.17, 15) is 14.0 Å². The van der Waals surface area contributed by atoms with Crippen LogP contribution in [-0.2, 0) is 4.79 Å². The molecule has 1 amide bonds. The lowest BCUT2D eigenvalue weighted by Gasteiger charge is -2.05. The zero-order chi connectivity index (χ0) is 21.0. The summed E-state index contributed by atoms with van der Waals surface area (Å²) >= 11 is 8.47. The molecule has 0 fully saturated rings. The van der Waals surface area contributed by atoms with Crippen LogP contribution in [0.15, 0.2) is 46.7 Å². The van der Waals surface area contributed by atoms with E-state index in [1.165, 1.54) is 30.4 Å². The number of rotatable bonds is 7. The molecule has 0 radical (unpaired) electrons. The van der Waals surface area contributed by atoms with Gasteiger partial charge in [0.15, 0.2) is 10.9 Å². The van der Waals surface area contributed by atoms with Crippen molar-refractivity contribution in [2.24, 2.45) is 0 Å². The number of nitrogens with zero attached hydrogens (tertiary/aromatic N) is 1. The number of nitrogens with one attached hydrogen (secondary N) is 1. The minimum absolute atomic E-state index is 0.0135. The van der Waals surface area contributed by atoms with Crippen molar-refractivity contribution >= 4 is 51.5 Å². The molecule has 1 aromatic heterocycles. The molecule has 0 spiro atoms. The van der Waals surface area contributed by atoms with Gasteiger partial charge in [0.05, 0.1) is 23.6 Å². The summed E-state index contributed by atoms with van der Waals surface area (Å²) in [7, 11) is 1.54. The van der Waals surface area contributed by atoms with Crippen molar-refractivity contribution in [1.29, 1.82) is 0 Å². The lowest BCUT2D eigenvalue weighted by molar-refractivity contribution is -0.113. The number of thioether (sulfide) groups is 1. The fourth-order valence-electron chi connectivity index (χ4n) is 2.42. The molecule has 3 aromatic rings. The molecular formula is C20H16ClFN2O3S2. The van der Waals surface area contributed by atoms with E-state index in [4.69, 9.17) is 16.3 Å². The highest BCUT2D eigenvalue weighted by Gasteiger charge is 2.12. The molecule has 9 heteroatoms. The molecule has 29 heavy (non-hydrogen) atoms. The third-order valence-electron chi connectivity index (χ3n) is 3.90. The number of thiazole rings is 1. The summed E-state index contributed by atoms with van der Waals surface area (Å²) in [5.41, 5.74) is 1.77. The van der Waals surface area contributed by atoms with Crippen LogP contribution in [-0.4, -0.2) is 29.5 Å². The molecular weight excluding hydrogens is 435 g/mol. The molecule has 3 rings (SSSR count). The van der Waals surface area contributed by atoms with Gasteiger partial charge in [-0.2, -0.15) is 0 Å². The lowest BCUT2D eigenvalue weighted by atomic mass is 10.1. The number of carbonyl (C=O) groups is 2. The number of anilines is 1. The first-order valence-electron chi connectivity index (χ1n) is 8.40. The molecule has 0 bridgehead atoms. The number of ether oxygens (including phenoxy) is 1. The van der Waals surface area contributed by atoms with Crippen LogP contribution in [0.2, 0.25) is 5.02 Å². The number of hydrogen-bond acceptors (Lipinski definition) is 6. The van der Waals surface area contributed by atoms with Crippen molar-refractivity contribution in [2.45, 2.75) is 11.8 Å². The second-order valence-corrected chi connectivity index (χ2v) is 8.21. The van der Waals surface area contributed by atoms with Crippen molar-refractivity contribution < 1.29 is 18.7 Å². The lowest BCUT2D eigenvalue weighted by Crippen LogP contribution is -2.14. The molecule has 0 atom stereocenters. The van der Waals surface area contributed by atoms with E-state index in [0.29, 0.717) is 32.1 Å². The zero-order valence-corrected chi connectivity index (χ0v) is 17.9. The highest BCUT2D eigenvalue weighted by atomic mass is 35.5. The zero-order valence-electron chi connectivity index (χ0n) is 15.5. The van der Waals surface area contributed by atoms with E-state index < -0.39 is 5.82 Å². The van der Waals surface area contributed by atoms with Crippen molar-refractivity contribution in [2.75, 3.05) is 18.2 Å². The van der Waals surface area contributed by atoms with Crippen LogP contribution in [0.5, 0.6) is 5.75 Å². The van der Waals surface area contributed by atoms with Crippen LogP contribution in [0.1, 0.15) is 17.3 Å². The van der Waals surface area contributed by atoms with Gasteiger partial charge in [0.2, 0.25) is 5.91 Å². The summed E-state index contributed by atoms with van der Waals surface area (Å²) in [6.45, 7) is 1.37. The van der Waals surface area contributed by atoms with Gasteiger partial charge in [-0.05, 0) is 37.3 Å². The van der Waals surface area contributed by atoms with E-state index in [1.807, 2.05) is 6.07 Å². The summed E-state index contributed by atoms with van der Waals surface area (Å²) in [4.78, 5) is 28.1. The standard InChI is InChI=1S/C20H16ClFN2O3S2/c1-11(25)12-4-6-18(15(22)8-12)28-10-19(26)24-20-23-16(9-29-20)13-3-5-17(27-2)14(21)7-13/h3-9H,10H2,1-2H3,(H,23,24,26). The maximum Gasteiger partial charge on any atom is 0.236 e. The van der Waals surface area contributed by atoms with E-state index in [-0.39, 0.29) is 17.4 Å². The molecule has 5 nitrogen and oxygen atoms in total. The molecule has 0 aliphatic rings. The van der Waals surface area contributed by atoms with Gasteiger partial charge in [-0.15, -0.1) is 23.1 Å². The van der Waals surface area contributed by atoms with Crippen molar-refractivity contribution in [3.05, 3.63) is 58.2 Å². The van der Waals surface area contributed by atoms with Crippen molar-refractivity contribution in [1.82, 2.24) is 4.98 Å². The van der Waals surface area contributed by atoms with Crippen LogP contribution in [0.3, 0.4) is 0 Å². The first kappa shape index (κ1) is 21.3. The first-order valence-corrected chi connectivity index (χ1v) is 10.6. The smallest absolute Gasteiger partial charge is 0.236 e. The normalized spacial score (nSPS) is 10.6. The third-order valence-corrected chi connectivity index (χ3v) is 6.00. The highest BCUT2D eigenvalue weighted by Crippen LogP contribution is 2.32. The first-order chi connectivity index (χ1) is 13.9. The van der Waals surface area contributed by atoms with Gasteiger partial charge in [0.1, 0.15) is 11.6 Å². The third kappa shape index (κ3) is 5.35. The Balaban J connectivity index is 1.60. The van der Waals surface area contributed by atoms with Crippen molar-refractivity contribution in [3.63, 3.8) is 0 Å². The van der Waals surface area contributed by atoms with Crippen LogP contribution >= 0.6 is 34.7 Å². The Bertz CT molecular complexity index is 1070. The van der Waals surface area contributed by atoms with Gasteiger partial charge < -0.3 is 10.1 Å². The molecule has 150 valence electrons. The van der Waals surface area contributed by atoms with E-state index in [2.05, 4.69) is 10.3 Å². The number of methoxy groups -OCH3 is 1. The molecule has 0 aliphatic carbocycles. The summed E-state index contributed by atoms with van der Waals surface area (Å²) < 4.78 is 19.2. The number of benzene rings is 2. The maximum atomic E-state index is 14.0. The fourth-order valence-corrected chi connectivity index (χ4v) is 4.14. The van der Waals surface area contributed by atoms with Gasteiger partial charge >= 0.3 is 0 Å². The molecule has 1 N–H and O–H groups in total. The quantitative estimate of drug-likeness (QED) is 0.378. The monoisotopic (exact) mass is 450 g/mol. The number of hydrogen-bond donors (Lipinski definition) is 1. The van der Waals surface area contributed by atoms with Crippen LogP contribution < -0.4 is 10.1 Å². The predicted octanol–water partition coefficient (Wildman–Crippen LogP) is 5.54. The number of amides is 1. The summed E-state index contributed by atoms with van der Waals surface area (Å²) in [5, 5.41) is 5.41. The SMILES string of the molecule is COc1ccc(-c2csc(NC(=O)CSc3ccc(C(C)=O)cc3F)n2)cc1Cl. The Morgan fingerprint density at radius 2 is 2.07 bits per heavy atom. The second kappa shape index (κ2) is 9.39. The van der Waals surface area contributed by atoms with E-state index in [0.717, 1.165) is 17.3 Å². The number of carbonyl (C=O) groups excluding carboxylic acids is 2. The molecule has 1 heterocycles. The van der Waals surface area contributed by atoms with E-state index >= 15 is 0 Å². The van der Waals surface area contributed by atoms with Gasteiger partial charge in [-0.3, -0.25) is 9.59 Å². The van der Waals surface area contributed by atoms with Gasteiger partial charge in [-0.25, -0.2) is 9.37 Å². The Hall–Kier alpha value is -2.42. The number of halogens is 2. The van der Waals surface area contributed by atoms with Gasteiger partial charge in [0, 0.05) is 21.4 Å². The number of Topliss-reactive ketones (excluding diaryl/α,β-unsaturated/α-hetero) is 1. The molecule has 0 aliphatic heterocycles. The minimum atomic E-state index is -0.525. The minimum Gasteiger partial charge on any atom is -0.495 e. The Morgan fingerprint density at radius 3 is 2.72 bits per heavy atom. The van der Waals surface area contributed by atoms with Gasteiger partial charge in [0.25, 0.3) is 0 Å². The summed E-state index contributed by atoms with van der Waals surface area (Å²) in [5.74, 6) is -0.461. The number of aromatic nitrogens is 1. The Kier molecular flexibility index (Phi) is 6.89. The average molecular weight is 451 g/mol. The largest absolute Gasteiger partial charge is 0.495 e. The summed E-state index contributed by atoms with van der Waals surface area (Å²) in [6.07, 6.45) is 0. The maximum absolute atomic E-state index is 14.0. The van der Waals surface area contributed by atoms with Crippen LogP contribution in [0.4, 0.5) is 9.52 Å². The number of ketones is 1. The molecule has 2 aromatic carbocycles. The summed E-state index contributed by atoms with van der Waals surface area (Å²) in [6, 6.07) is 9.53. The Labute approximate surface area is 180 Å².